The molecule has 0 spiro atoms. The van der Waals surface area contributed by atoms with E-state index in [9.17, 15) is 4.79 Å². The lowest BCUT2D eigenvalue weighted by atomic mass is 10.1. The summed E-state index contributed by atoms with van der Waals surface area (Å²) < 4.78 is 2.02. The van der Waals surface area contributed by atoms with Crippen molar-refractivity contribution in [3.8, 4) is 22.5 Å². The molecule has 0 aliphatic carbocycles. The number of carbonyl (C=O) groups is 1. The molecule has 32 heavy (non-hydrogen) atoms. The van der Waals surface area contributed by atoms with Crippen molar-refractivity contribution in [1.29, 1.82) is 0 Å². The van der Waals surface area contributed by atoms with Crippen LogP contribution in [0.1, 0.15) is 22.8 Å². The third-order valence-electron chi connectivity index (χ3n) is 5.48. The number of ketones is 1. The third kappa shape index (κ3) is 4.01. The van der Waals surface area contributed by atoms with Crippen LogP contribution in [0.3, 0.4) is 0 Å². The van der Waals surface area contributed by atoms with E-state index in [0.717, 1.165) is 40.4 Å². The van der Waals surface area contributed by atoms with Crippen LogP contribution in [-0.2, 0) is 6.54 Å². The molecule has 0 atom stereocenters. The van der Waals surface area contributed by atoms with Crippen LogP contribution in [-0.4, -0.2) is 20.2 Å². The zero-order valence-corrected chi connectivity index (χ0v) is 17.7. The molecular formula is C27H22N4O. The van der Waals surface area contributed by atoms with Gasteiger partial charge in [0.25, 0.3) is 0 Å². The average molecular weight is 419 g/mol. The summed E-state index contributed by atoms with van der Waals surface area (Å²) in [6, 6.07) is 26.2. The normalized spacial score (nSPS) is 10.9. The van der Waals surface area contributed by atoms with Crippen LogP contribution in [0, 0.1) is 0 Å². The number of imidazole rings is 1. The molecule has 0 saturated heterocycles. The second-order valence-electron chi connectivity index (χ2n) is 7.70. The smallest absolute Gasteiger partial charge is 0.159 e. The number of rotatable bonds is 6. The molecule has 0 aliphatic rings. The van der Waals surface area contributed by atoms with Crippen LogP contribution in [0.15, 0.2) is 97.5 Å². The second kappa shape index (κ2) is 8.47. The molecule has 156 valence electrons. The van der Waals surface area contributed by atoms with Crippen molar-refractivity contribution in [2.24, 2.45) is 0 Å². The summed E-state index contributed by atoms with van der Waals surface area (Å²) >= 11 is 0. The van der Waals surface area contributed by atoms with E-state index < -0.39 is 0 Å². The topological polar surface area (TPSA) is 59.3 Å². The predicted molar refractivity (Wildman–Crippen MR) is 128 cm³/mol. The van der Waals surface area contributed by atoms with Gasteiger partial charge in [0.2, 0.25) is 0 Å². The van der Waals surface area contributed by atoms with Gasteiger partial charge in [-0.05, 0) is 30.7 Å². The zero-order valence-electron chi connectivity index (χ0n) is 17.7. The number of fused-ring (bicyclic) bond motifs is 1. The van der Waals surface area contributed by atoms with Gasteiger partial charge in [-0.3, -0.25) is 14.2 Å². The summed E-state index contributed by atoms with van der Waals surface area (Å²) in [4.78, 5) is 20.9. The number of hydrogen-bond donors (Lipinski definition) is 1. The Bertz CT molecular complexity index is 1390. The number of nitrogens with zero attached hydrogens (tertiary/aromatic N) is 3. The van der Waals surface area contributed by atoms with E-state index in [-0.39, 0.29) is 5.78 Å². The molecule has 0 bridgehead atoms. The van der Waals surface area contributed by atoms with E-state index in [2.05, 4.69) is 51.7 Å². The second-order valence-corrected chi connectivity index (χ2v) is 7.70. The molecule has 0 unspecified atom stereocenters. The predicted octanol–water partition coefficient (Wildman–Crippen LogP) is 5.88. The lowest BCUT2D eigenvalue weighted by Gasteiger charge is -2.08. The zero-order chi connectivity index (χ0) is 21.9. The summed E-state index contributed by atoms with van der Waals surface area (Å²) in [5, 5.41) is 3.43. The fourth-order valence-corrected chi connectivity index (χ4v) is 3.70. The SMILES string of the molecule is CC(=O)c1cccc(-c2cnc3cnc(-c4ccc(CNc5ccccc5)cc4)cn23)c1. The molecule has 5 rings (SSSR count). The Morgan fingerprint density at radius 2 is 1.69 bits per heavy atom. The Morgan fingerprint density at radius 3 is 2.47 bits per heavy atom. The molecule has 0 aliphatic heterocycles. The summed E-state index contributed by atoms with van der Waals surface area (Å²) in [6.45, 7) is 2.34. The molecule has 3 aromatic carbocycles. The maximum absolute atomic E-state index is 11.8. The molecule has 0 saturated carbocycles. The van der Waals surface area contributed by atoms with Gasteiger partial charge >= 0.3 is 0 Å². The first-order valence-electron chi connectivity index (χ1n) is 10.5. The van der Waals surface area contributed by atoms with E-state index in [1.165, 1.54) is 5.56 Å². The maximum Gasteiger partial charge on any atom is 0.159 e. The minimum atomic E-state index is 0.0462. The quantitative estimate of drug-likeness (QED) is 0.350. The van der Waals surface area contributed by atoms with Crippen LogP contribution >= 0.6 is 0 Å². The lowest BCUT2D eigenvalue weighted by molar-refractivity contribution is 0.101. The molecule has 2 heterocycles. The van der Waals surface area contributed by atoms with Gasteiger partial charge in [-0.1, -0.05) is 60.7 Å². The molecular weight excluding hydrogens is 396 g/mol. The average Bonchev–Trinajstić information content (AvgIpc) is 3.27. The number of carbonyl (C=O) groups excluding carboxylic acids is 1. The highest BCUT2D eigenvalue weighted by molar-refractivity contribution is 5.95. The Labute approximate surface area is 186 Å². The van der Waals surface area contributed by atoms with Crippen molar-refractivity contribution in [1.82, 2.24) is 14.4 Å². The molecule has 5 aromatic rings. The van der Waals surface area contributed by atoms with Crippen LogP contribution < -0.4 is 5.32 Å². The minimum absolute atomic E-state index is 0.0462. The van der Waals surface area contributed by atoms with Crippen molar-refractivity contribution in [2.45, 2.75) is 13.5 Å². The van der Waals surface area contributed by atoms with Gasteiger partial charge < -0.3 is 5.32 Å². The highest BCUT2D eigenvalue weighted by atomic mass is 16.1. The van der Waals surface area contributed by atoms with E-state index in [1.807, 2.05) is 59.3 Å². The monoisotopic (exact) mass is 418 g/mol. The minimum Gasteiger partial charge on any atom is -0.381 e. The van der Waals surface area contributed by atoms with Crippen molar-refractivity contribution in [3.05, 3.63) is 109 Å². The highest BCUT2D eigenvalue weighted by Crippen LogP contribution is 2.25. The van der Waals surface area contributed by atoms with Crippen LogP contribution in [0.5, 0.6) is 0 Å². The number of aromatic nitrogens is 3. The van der Waals surface area contributed by atoms with Gasteiger partial charge in [0.15, 0.2) is 11.4 Å². The number of anilines is 1. The molecule has 0 fully saturated rings. The number of nitrogens with one attached hydrogen (secondary N) is 1. The van der Waals surface area contributed by atoms with Crippen molar-refractivity contribution in [3.63, 3.8) is 0 Å². The standard InChI is InChI=1S/C27H22N4O/c1-19(32)22-6-5-7-23(14-22)26-16-30-27-17-29-25(18-31(26)27)21-12-10-20(11-13-21)15-28-24-8-3-2-4-9-24/h2-14,16-18,28H,15H2,1H3. The summed E-state index contributed by atoms with van der Waals surface area (Å²) in [7, 11) is 0. The van der Waals surface area contributed by atoms with Crippen LogP contribution in [0.2, 0.25) is 0 Å². The van der Waals surface area contributed by atoms with E-state index in [0.29, 0.717) is 5.56 Å². The molecule has 0 radical (unpaired) electrons. The highest BCUT2D eigenvalue weighted by Gasteiger charge is 2.10. The third-order valence-corrected chi connectivity index (χ3v) is 5.48. The Hall–Kier alpha value is -4.25. The first-order valence-corrected chi connectivity index (χ1v) is 10.5. The van der Waals surface area contributed by atoms with Gasteiger partial charge in [0, 0.05) is 35.1 Å². The number of benzene rings is 3. The van der Waals surface area contributed by atoms with E-state index >= 15 is 0 Å². The summed E-state index contributed by atoms with van der Waals surface area (Å²) in [5.74, 6) is 0.0462. The van der Waals surface area contributed by atoms with Crippen molar-refractivity contribution < 1.29 is 4.79 Å². The van der Waals surface area contributed by atoms with Gasteiger partial charge in [-0.2, -0.15) is 0 Å². The lowest BCUT2D eigenvalue weighted by Crippen LogP contribution is -1.99. The van der Waals surface area contributed by atoms with Gasteiger partial charge in [0.05, 0.1) is 23.8 Å². The van der Waals surface area contributed by atoms with Crippen LogP contribution in [0.4, 0.5) is 5.69 Å². The van der Waals surface area contributed by atoms with Crippen molar-refractivity contribution in [2.75, 3.05) is 5.32 Å². The van der Waals surface area contributed by atoms with Gasteiger partial charge in [0.1, 0.15) is 0 Å². The van der Waals surface area contributed by atoms with Gasteiger partial charge in [-0.15, -0.1) is 0 Å². The summed E-state index contributed by atoms with van der Waals surface area (Å²) in [6.07, 6.45) is 5.59. The fraction of sp³-hybridized carbons (Fsp3) is 0.0741. The number of Topliss-reactive ketones (excluding diaryl/α,β-unsaturated/α-hetero) is 1. The summed E-state index contributed by atoms with van der Waals surface area (Å²) in [5.41, 5.74) is 7.52. The largest absolute Gasteiger partial charge is 0.381 e. The molecule has 5 heteroatoms. The number of para-hydroxylation sites is 1. The van der Waals surface area contributed by atoms with Crippen LogP contribution in [0.25, 0.3) is 28.2 Å². The first kappa shape index (κ1) is 19.7. The fourth-order valence-electron chi connectivity index (χ4n) is 3.70. The first-order chi connectivity index (χ1) is 15.7. The van der Waals surface area contributed by atoms with Crippen molar-refractivity contribution >= 4 is 17.1 Å². The van der Waals surface area contributed by atoms with E-state index in [1.54, 1.807) is 13.1 Å². The Balaban J connectivity index is 1.42. The molecule has 1 N–H and O–H groups in total. The molecule has 0 amide bonds. The molecule has 5 nitrogen and oxygen atoms in total. The van der Waals surface area contributed by atoms with Gasteiger partial charge in [-0.25, -0.2) is 4.98 Å². The Morgan fingerprint density at radius 1 is 0.875 bits per heavy atom. The number of hydrogen-bond acceptors (Lipinski definition) is 4. The maximum atomic E-state index is 11.8. The molecule has 2 aromatic heterocycles. The van der Waals surface area contributed by atoms with E-state index in [4.69, 9.17) is 0 Å². The Kier molecular flexibility index (Phi) is 5.22.